The highest BCUT2D eigenvalue weighted by molar-refractivity contribution is 5.85. The molecule has 1 aliphatic heterocycles. The smallest absolute Gasteiger partial charge is 0.224 e. The van der Waals surface area contributed by atoms with Gasteiger partial charge < -0.3 is 15.4 Å². The van der Waals surface area contributed by atoms with Crippen LogP contribution in [0.1, 0.15) is 33.1 Å². The molecule has 1 aliphatic rings. The van der Waals surface area contributed by atoms with Crippen LogP contribution in [0, 0.1) is 0 Å². The fourth-order valence-corrected chi connectivity index (χ4v) is 1.85. The molecule has 2 N–H and O–H groups in total. The molecule has 0 aromatic heterocycles. The molecule has 96 valence electrons. The van der Waals surface area contributed by atoms with E-state index in [9.17, 15) is 4.79 Å². The Morgan fingerprint density at radius 2 is 2.31 bits per heavy atom. The third-order valence-corrected chi connectivity index (χ3v) is 2.60. The van der Waals surface area contributed by atoms with Crippen molar-refractivity contribution in [2.24, 2.45) is 5.73 Å². The van der Waals surface area contributed by atoms with Gasteiger partial charge >= 0.3 is 0 Å². The van der Waals surface area contributed by atoms with Gasteiger partial charge in [-0.05, 0) is 13.3 Å². The van der Waals surface area contributed by atoms with Gasteiger partial charge in [-0.25, -0.2) is 0 Å². The molecule has 2 atom stereocenters. The SMILES string of the molecule is CCCC1CN(C(=O)CC(C)N)CCO1.Cl. The van der Waals surface area contributed by atoms with E-state index in [1.165, 1.54) is 0 Å². The van der Waals surface area contributed by atoms with Gasteiger partial charge in [0.1, 0.15) is 0 Å². The lowest BCUT2D eigenvalue weighted by Gasteiger charge is -2.33. The maximum atomic E-state index is 11.7. The highest BCUT2D eigenvalue weighted by Gasteiger charge is 2.23. The summed E-state index contributed by atoms with van der Waals surface area (Å²) in [5.41, 5.74) is 5.61. The van der Waals surface area contributed by atoms with E-state index in [1.807, 2.05) is 11.8 Å². The topological polar surface area (TPSA) is 55.6 Å². The average molecular weight is 251 g/mol. The first-order valence-corrected chi connectivity index (χ1v) is 5.78. The molecular weight excluding hydrogens is 228 g/mol. The Hall–Kier alpha value is -0.320. The van der Waals surface area contributed by atoms with E-state index in [-0.39, 0.29) is 30.5 Å². The minimum atomic E-state index is -0.0510. The molecule has 1 saturated heterocycles. The molecule has 0 spiro atoms. The maximum Gasteiger partial charge on any atom is 0.224 e. The third kappa shape index (κ3) is 5.14. The quantitative estimate of drug-likeness (QED) is 0.815. The predicted molar refractivity (Wildman–Crippen MR) is 66.7 cm³/mol. The molecule has 0 aliphatic carbocycles. The minimum absolute atomic E-state index is 0. The average Bonchev–Trinajstić information content (AvgIpc) is 2.17. The zero-order chi connectivity index (χ0) is 11.3. The van der Waals surface area contributed by atoms with Gasteiger partial charge in [0.25, 0.3) is 0 Å². The Balaban J connectivity index is 0.00000225. The third-order valence-electron chi connectivity index (χ3n) is 2.60. The van der Waals surface area contributed by atoms with Gasteiger partial charge in [0, 0.05) is 25.6 Å². The van der Waals surface area contributed by atoms with Gasteiger partial charge in [0.05, 0.1) is 12.7 Å². The summed E-state index contributed by atoms with van der Waals surface area (Å²) in [6.07, 6.45) is 2.79. The lowest BCUT2D eigenvalue weighted by molar-refractivity contribution is -0.139. The van der Waals surface area contributed by atoms with E-state index < -0.39 is 0 Å². The van der Waals surface area contributed by atoms with Crippen LogP contribution < -0.4 is 5.73 Å². The summed E-state index contributed by atoms with van der Waals surface area (Å²) in [6.45, 7) is 6.11. The molecule has 1 amide bonds. The second-order valence-electron chi connectivity index (χ2n) is 4.30. The van der Waals surface area contributed by atoms with Gasteiger partial charge in [0.2, 0.25) is 5.91 Å². The Morgan fingerprint density at radius 1 is 1.62 bits per heavy atom. The van der Waals surface area contributed by atoms with Crippen LogP contribution in [0.4, 0.5) is 0 Å². The Kier molecular flexibility index (Phi) is 7.72. The fraction of sp³-hybridized carbons (Fsp3) is 0.909. The first kappa shape index (κ1) is 15.7. The monoisotopic (exact) mass is 250 g/mol. The van der Waals surface area contributed by atoms with Crippen molar-refractivity contribution < 1.29 is 9.53 Å². The minimum Gasteiger partial charge on any atom is -0.375 e. The standard InChI is InChI=1S/C11H22N2O2.ClH/c1-3-4-10-8-13(5-6-15-10)11(14)7-9(2)12;/h9-10H,3-8,12H2,1-2H3;1H. The predicted octanol–water partition coefficient (Wildman–Crippen LogP) is 1.17. The van der Waals surface area contributed by atoms with Gasteiger partial charge in [0.15, 0.2) is 0 Å². The summed E-state index contributed by atoms with van der Waals surface area (Å²) in [4.78, 5) is 13.6. The van der Waals surface area contributed by atoms with Gasteiger partial charge in [-0.1, -0.05) is 13.3 Å². The van der Waals surface area contributed by atoms with E-state index in [0.29, 0.717) is 19.6 Å². The van der Waals surface area contributed by atoms with E-state index in [0.717, 1.165) is 19.4 Å². The second kappa shape index (κ2) is 7.87. The Morgan fingerprint density at radius 3 is 2.88 bits per heavy atom. The van der Waals surface area contributed by atoms with Gasteiger partial charge in [-0.2, -0.15) is 0 Å². The van der Waals surface area contributed by atoms with Crippen LogP contribution in [0.5, 0.6) is 0 Å². The molecular formula is C11H23ClN2O2. The number of rotatable bonds is 4. The van der Waals surface area contributed by atoms with Crippen molar-refractivity contribution in [2.45, 2.75) is 45.3 Å². The molecule has 0 aromatic rings. The largest absolute Gasteiger partial charge is 0.375 e. The van der Waals surface area contributed by atoms with Crippen LogP contribution in [-0.4, -0.2) is 42.6 Å². The van der Waals surface area contributed by atoms with Crippen molar-refractivity contribution in [3.05, 3.63) is 0 Å². The molecule has 16 heavy (non-hydrogen) atoms. The van der Waals surface area contributed by atoms with E-state index in [1.54, 1.807) is 0 Å². The van der Waals surface area contributed by atoms with Crippen molar-refractivity contribution in [3.63, 3.8) is 0 Å². The zero-order valence-electron chi connectivity index (χ0n) is 10.1. The van der Waals surface area contributed by atoms with Crippen LogP contribution >= 0.6 is 12.4 Å². The molecule has 0 saturated carbocycles. The number of carbonyl (C=O) groups is 1. The molecule has 5 heteroatoms. The van der Waals surface area contributed by atoms with Crippen molar-refractivity contribution in [1.82, 2.24) is 4.90 Å². The normalized spacial score (nSPS) is 22.4. The van der Waals surface area contributed by atoms with E-state index in [4.69, 9.17) is 10.5 Å². The molecule has 4 nitrogen and oxygen atoms in total. The summed E-state index contributed by atoms with van der Waals surface area (Å²) < 4.78 is 5.58. The molecule has 1 fully saturated rings. The highest BCUT2D eigenvalue weighted by Crippen LogP contribution is 2.11. The lowest BCUT2D eigenvalue weighted by atomic mass is 10.1. The van der Waals surface area contributed by atoms with Crippen LogP contribution in [-0.2, 0) is 9.53 Å². The lowest BCUT2D eigenvalue weighted by Crippen LogP contribution is -2.46. The molecule has 0 bridgehead atoms. The van der Waals surface area contributed by atoms with Crippen LogP contribution in [0.2, 0.25) is 0 Å². The number of nitrogens with zero attached hydrogens (tertiary/aromatic N) is 1. The molecule has 1 rings (SSSR count). The first-order chi connectivity index (χ1) is 7.13. The Labute approximate surface area is 104 Å². The van der Waals surface area contributed by atoms with E-state index >= 15 is 0 Å². The summed E-state index contributed by atoms with van der Waals surface area (Å²) in [5.74, 6) is 0.161. The van der Waals surface area contributed by atoms with E-state index in [2.05, 4.69) is 6.92 Å². The molecule has 0 aromatic carbocycles. The summed E-state index contributed by atoms with van der Waals surface area (Å²) in [5, 5.41) is 0. The number of hydrogen-bond donors (Lipinski definition) is 1. The van der Waals surface area contributed by atoms with Gasteiger partial charge in [-0.3, -0.25) is 4.79 Å². The number of nitrogens with two attached hydrogens (primary N) is 1. The summed E-state index contributed by atoms with van der Waals surface area (Å²) in [7, 11) is 0. The number of hydrogen-bond acceptors (Lipinski definition) is 3. The zero-order valence-corrected chi connectivity index (χ0v) is 11.0. The maximum absolute atomic E-state index is 11.7. The van der Waals surface area contributed by atoms with Crippen molar-refractivity contribution >= 4 is 18.3 Å². The molecule has 1 heterocycles. The van der Waals surface area contributed by atoms with Crippen molar-refractivity contribution in [2.75, 3.05) is 19.7 Å². The summed E-state index contributed by atoms with van der Waals surface area (Å²) in [6, 6.07) is -0.0510. The number of morpholine rings is 1. The summed E-state index contributed by atoms with van der Waals surface area (Å²) >= 11 is 0. The number of ether oxygens (including phenoxy) is 1. The molecule has 2 unspecified atom stereocenters. The molecule has 0 radical (unpaired) electrons. The van der Waals surface area contributed by atoms with Crippen LogP contribution in [0.15, 0.2) is 0 Å². The van der Waals surface area contributed by atoms with Crippen molar-refractivity contribution in [3.8, 4) is 0 Å². The fourth-order valence-electron chi connectivity index (χ4n) is 1.85. The number of halogens is 1. The second-order valence-corrected chi connectivity index (χ2v) is 4.30. The van der Waals surface area contributed by atoms with Crippen LogP contribution in [0.3, 0.4) is 0 Å². The van der Waals surface area contributed by atoms with Crippen LogP contribution in [0.25, 0.3) is 0 Å². The first-order valence-electron chi connectivity index (χ1n) is 5.78. The van der Waals surface area contributed by atoms with Crippen molar-refractivity contribution in [1.29, 1.82) is 0 Å². The van der Waals surface area contributed by atoms with Gasteiger partial charge in [-0.15, -0.1) is 12.4 Å². The number of amides is 1. The number of carbonyl (C=O) groups excluding carboxylic acids is 1. The Bertz CT molecular complexity index is 210. The highest BCUT2D eigenvalue weighted by atomic mass is 35.5.